The summed E-state index contributed by atoms with van der Waals surface area (Å²) in [5.74, 6) is 0. The van der Waals surface area contributed by atoms with Crippen molar-refractivity contribution in [2.45, 2.75) is 13.0 Å². The Morgan fingerprint density at radius 3 is 2.33 bits per heavy atom. The Morgan fingerprint density at radius 1 is 1.33 bits per heavy atom. The zero-order valence-corrected chi connectivity index (χ0v) is 9.95. The number of hydrogen-bond donors (Lipinski definition) is 1. The largest absolute Gasteiger partial charge is 0.324 e. The van der Waals surface area contributed by atoms with Gasteiger partial charge in [-0.2, -0.15) is 0 Å². The summed E-state index contributed by atoms with van der Waals surface area (Å²) in [7, 11) is -1.71. The molecular weight excluding hydrogens is 212 g/mol. The first-order valence-electron chi connectivity index (χ1n) is 4.62. The number of nitrogens with two attached hydrogens (primary N) is 1. The van der Waals surface area contributed by atoms with Gasteiger partial charge in [0, 0.05) is 13.1 Å². The Kier molecular flexibility index (Phi) is 3.36. The van der Waals surface area contributed by atoms with Crippen LogP contribution in [-0.2, 0) is 10.0 Å². The van der Waals surface area contributed by atoms with Crippen LogP contribution < -0.4 is 10.0 Å². The van der Waals surface area contributed by atoms with Crippen molar-refractivity contribution in [3.8, 4) is 0 Å². The Bertz CT molecular complexity index is 440. The van der Waals surface area contributed by atoms with Crippen molar-refractivity contribution in [2.75, 3.05) is 17.6 Å². The minimum Gasteiger partial charge on any atom is -0.324 e. The zero-order chi connectivity index (χ0) is 11.6. The molecule has 0 fully saturated rings. The highest BCUT2D eigenvalue weighted by molar-refractivity contribution is 7.92. The van der Waals surface area contributed by atoms with Crippen LogP contribution in [0.4, 0.5) is 5.69 Å². The van der Waals surface area contributed by atoms with Gasteiger partial charge in [-0.25, -0.2) is 8.42 Å². The Balaban J connectivity index is 3.26. The van der Waals surface area contributed by atoms with Gasteiger partial charge in [-0.05, 0) is 18.6 Å². The molecule has 1 aromatic rings. The van der Waals surface area contributed by atoms with E-state index in [9.17, 15) is 8.42 Å². The van der Waals surface area contributed by atoms with Crippen LogP contribution in [-0.4, -0.2) is 21.7 Å². The summed E-state index contributed by atoms with van der Waals surface area (Å²) in [6.45, 7) is 1.83. The van der Waals surface area contributed by atoms with E-state index in [1.807, 2.05) is 19.1 Å². The van der Waals surface area contributed by atoms with E-state index in [2.05, 4.69) is 0 Å². The molecule has 84 valence electrons. The number of hydrogen-bond acceptors (Lipinski definition) is 3. The Hall–Kier alpha value is -1.07. The predicted molar refractivity (Wildman–Crippen MR) is 62.3 cm³/mol. The fraction of sp³-hybridized carbons (Fsp3) is 0.400. The summed E-state index contributed by atoms with van der Waals surface area (Å²) in [4.78, 5) is 0. The zero-order valence-electron chi connectivity index (χ0n) is 9.14. The third-order valence-electron chi connectivity index (χ3n) is 2.26. The molecule has 1 rings (SSSR count). The second-order valence-corrected chi connectivity index (χ2v) is 5.59. The lowest BCUT2D eigenvalue weighted by molar-refractivity contribution is 0.600. The van der Waals surface area contributed by atoms with E-state index in [0.717, 1.165) is 5.56 Å². The molecule has 0 amide bonds. The van der Waals surface area contributed by atoms with Gasteiger partial charge >= 0.3 is 0 Å². The number of benzene rings is 1. The molecule has 0 unspecified atom stereocenters. The molecule has 5 heteroatoms. The molecule has 2 N–H and O–H groups in total. The minimum atomic E-state index is -3.23. The van der Waals surface area contributed by atoms with Gasteiger partial charge in [-0.3, -0.25) is 4.31 Å². The quantitative estimate of drug-likeness (QED) is 0.842. The summed E-state index contributed by atoms with van der Waals surface area (Å²) >= 11 is 0. The Labute approximate surface area is 90.8 Å². The van der Waals surface area contributed by atoms with Gasteiger partial charge < -0.3 is 5.73 Å². The molecule has 0 heterocycles. The summed E-state index contributed by atoms with van der Waals surface area (Å²) in [5, 5.41) is 0. The van der Waals surface area contributed by atoms with Gasteiger partial charge in [0.25, 0.3) is 0 Å². The van der Waals surface area contributed by atoms with Crippen LogP contribution in [0.15, 0.2) is 24.3 Å². The van der Waals surface area contributed by atoms with Crippen LogP contribution in [0.5, 0.6) is 0 Å². The summed E-state index contributed by atoms with van der Waals surface area (Å²) in [6.07, 6.45) is 1.17. The van der Waals surface area contributed by atoms with Crippen LogP contribution >= 0.6 is 0 Å². The second-order valence-electron chi connectivity index (χ2n) is 3.58. The van der Waals surface area contributed by atoms with E-state index in [1.54, 1.807) is 12.1 Å². The fourth-order valence-corrected chi connectivity index (χ4v) is 1.86. The predicted octanol–water partition coefficient (Wildman–Crippen LogP) is 1.10. The highest BCUT2D eigenvalue weighted by Crippen LogP contribution is 2.25. The maximum atomic E-state index is 11.4. The smallest absolute Gasteiger partial charge is 0.232 e. The number of rotatable bonds is 3. The van der Waals surface area contributed by atoms with Crippen molar-refractivity contribution in [2.24, 2.45) is 5.73 Å². The lowest BCUT2D eigenvalue weighted by Crippen LogP contribution is -2.26. The monoisotopic (exact) mass is 228 g/mol. The maximum absolute atomic E-state index is 11.4. The van der Waals surface area contributed by atoms with E-state index in [4.69, 9.17) is 5.73 Å². The molecular formula is C10H16N2O2S. The van der Waals surface area contributed by atoms with E-state index < -0.39 is 10.0 Å². The van der Waals surface area contributed by atoms with Crippen molar-refractivity contribution < 1.29 is 8.42 Å². The SMILES string of the molecule is C[C@H](N)c1ccccc1N(C)S(C)(=O)=O. The molecule has 4 nitrogen and oxygen atoms in total. The molecule has 0 saturated carbocycles. The summed E-state index contributed by atoms with van der Waals surface area (Å²) < 4.78 is 24.0. The van der Waals surface area contributed by atoms with Crippen molar-refractivity contribution in [3.05, 3.63) is 29.8 Å². The molecule has 0 saturated heterocycles. The summed E-state index contributed by atoms with van der Waals surface area (Å²) in [5.41, 5.74) is 7.23. The lowest BCUT2D eigenvalue weighted by atomic mass is 10.1. The molecule has 0 aliphatic rings. The highest BCUT2D eigenvalue weighted by atomic mass is 32.2. The standard InChI is InChI=1S/C10H16N2O2S/c1-8(11)9-6-4-5-7-10(9)12(2)15(3,13)14/h4-8H,11H2,1-3H3/t8-/m0/s1. The van der Waals surface area contributed by atoms with E-state index in [1.165, 1.54) is 17.6 Å². The third-order valence-corrected chi connectivity index (χ3v) is 3.46. The first kappa shape index (κ1) is 12.0. The van der Waals surface area contributed by atoms with E-state index >= 15 is 0 Å². The molecule has 0 aliphatic carbocycles. The normalized spacial score (nSPS) is 13.6. The average Bonchev–Trinajstić information content (AvgIpc) is 2.15. The van der Waals surface area contributed by atoms with Crippen LogP contribution in [0.3, 0.4) is 0 Å². The van der Waals surface area contributed by atoms with Crippen LogP contribution in [0.25, 0.3) is 0 Å². The van der Waals surface area contributed by atoms with Crippen molar-refractivity contribution in [3.63, 3.8) is 0 Å². The van der Waals surface area contributed by atoms with Gasteiger partial charge in [-0.1, -0.05) is 18.2 Å². The molecule has 0 spiro atoms. The van der Waals surface area contributed by atoms with Gasteiger partial charge in [-0.15, -0.1) is 0 Å². The number of anilines is 1. The van der Waals surface area contributed by atoms with Crippen LogP contribution in [0, 0.1) is 0 Å². The van der Waals surface area contributed by atoms with E-state index in [-0.39, 0.29) is 6.04 Å². The first-order chi connectivity index (χ1) is 6.84. The molecule has 0 aromatic heterocycles. The molecule has 1 aromatic carbocycles. The number of para-hydroxylation sites is 1. The van der Waals surface area contributed by atoms with Gasteiger partial charge in [0.1, 0.15) is 0 Å². The second kappa shape index (κ2) is 4.20. The maximum Gasteiger partial charge on any atom is 0.232 e. The number of sulfonamides is 1. The number of nitrogens with zero attached hydrogens (tertiary/aromatic N) is 1. The highest BCUT2D eigenvalue weighted by Gasteiger charge is 2.16. The van der Waals surface area contributed by atoms with Crippen molar-refractivity contribution in [1.29, 1.82) is 0 Å². The van der Waals surface area contributed by atoms with Crippen LogP contribution in [0.2, 0.25) is 0 Å². The first-order valence-corrected chi connectivity index (χ1v) is 6.47. The molecule has 15 heavy (non-hydrogen) atoms. The van der Waals surface area contributed by atoms with E-state index in [0.29, 0.717) is 5.69 Å². The third kappa shape index (κ3) is 2.70. The fourth-order valence-electron chi connectivity index (χ4n) is 1.34. The lowest BCUT2D eigenvalue weighted by Gasteiger charge is -2.21. The minimum absolute atomic E-state index is 0.189. The van der Waals surface area contributed by atoms with Gasteiger partial charge in [0.05, 0.1) is 11.9 Å². The van der Waals surface area contributed by atoms with Crippen molar-refractivity contribution in [1.82, 2.24) is 0 Å². The average molecular weight is 228 g/mol. The van der Waals surface area contributed by atoms with Crippen molar-refractivity contribution >= 4 is 15.7 Å². The van der Waals surface area contributed by atoms with Gasteiger partial charge in [0.15, 0.2) is 0 Å². The summed E-state index contributed by atoms with van der Waals surface area (Å²) in [6, 6.07) is 7.04. The Morgan fingerprint density at radius 2 is 1.87 bits per heavy atom. The topological polar surface area (TPSA) is 63.4 Å². The molecule has 0 aliphatic heterocycles. The molecule has 0 radical (unpaired) electrons. The molecule has 0 bridgehead atoms. The molecule has 1 atom stereocenters. The van der Waals surface area contributed by atoms with Gasteiger partial charge in [0.2, 0.25) is 10.0 Å². The van der Waals surface area contributed by atoms with Crippen LogP contribution in [0.1, 0.15) is 18.5 Å².